The molecule has 0 amide bonds. The molecule has 0 aliphatic rings. The molecule has 0 heteroatoms. The average Bonchev–Trinajstić information content (AvgIpc) is 2.82. The van der Waals surface area contributed by atoms with E-state index in [0.717, 1.165) is 0 Å². The predicted octanol–water partition coefficient (Wildman–Crippen LogP) is 8.48. The van der Waals surface area contributed by atoms with Gasteiger partial charge in [-0.2, -0.15) is 0 Å². The van der Waals surface area contributed by atoms with Crippen LogP contribution in [0.25, 0.3) is 54.6 Å². The number of hydrogen-bond acceptors (Lipinski definition) is 0. The van der Waals surface area contributed by atoms with Crippen molar-refractivity contribution in [3.8, 4) is 22.3 Å². The van der Waals surface area contributed by atoms with Crippen molar-refractivity contribution in [3.05, 3.63) is 121 Å². The maximum absolute atomic E-state index is 2.37. The minimum absolute atomic E-state index is 1.25. The van der Waals surface area contributed by atoms with E-state index in [-0.39, 0.29) is 0 Å². The fourth-order valence-electron chi connectivity index (χ4n) is 4.54. The summed E-state index contributed by atoms with van der Waals surface area (Å²) in [6.07, 6.45) is 0. The fraction of sp³-hybridized carbons (Fsp3) is 0. The minimum Gasteiger partial charge on any atom is -0.0622 e. The van der Waals surface area contributed by atoms with Gasteiger partial charge in [0.15, 0.2) is 0 Å². The van der Waals surface area contributed by atoms with E-state index in [1.807, 2.05) is 0 Å². The van der Waals surface area contributed by atoms with Gasteiger partial charge >= 0.3 is 0 Å². The van der Waals surface area contributed by atoms with Gasteiger partial charge in [0.05, 0.1) is 0 Å². The normalized spacial score (nSPS) is 11.3. The van der Waals surface area contributed by atoms with Crippen LogP contribution in [-0.2, 0) is 0 Å². The van der Waals surface area contributed by atoms with E-state index in [9.17, 15) is 0 Å². The third-order valence-corrected chi connectivity index (χ3v) is 5.99. The van der Waals surface area contributed by atoms with Crippen molar-refractivity contribution in [3.63, 3.8) is 0 Å². The number of rotatable bonds is 2. The minimum atomic E-state index is 1.25. The van der Waals surface area contributed by atoms with Crippen molar-refractivity contribution in [1.29, 1.82) is 0 Å². The van der Waals surface area contributed by atoms with Crippen molar-refractivity contribution in [1.82, 2.24) is 0 Å². The molecule has 6 aromatic rings. The molecule has 0 nitrogen and oxygen atoms in total. The number of fused-ring (bicyclic) bond motifs is 3. The summed E-state index contributed by atoms with van der Waals surface area (Å²) in [5.41, 5.74) is 5.07. The molecule has 30 heavy (non-hydrogen) atoms. The second-order valence-electron chi connectivity index (χ2n) is 7.84. The Kier molecular flexibility index (Phi) is 3.89. The second kappa shape index (κ2) is 6.86. The van der Waals surface area contributed by atoms with Gasteiger partial charge in [-0.05, 0) is 78.8 Å². The Balaban J connectivity index is 1.73. The van der Waals surface area contributed by atoms with E-state index in [2.05, 4.69) is 121 Å². The summed E-state index contributed by atoms with van der Waals surface area (Å²) in [5, 5.41) is 7.70. The Morgan fingerprint density at radius 2 is 0.867 bits per heavy atom. The number of hydrogen-bond donors (Lipinski definition) is 0. The molecule has 0 bridgehead atoms. The third-order valence-electron chi connectivity index (χ3n) is 5.99. The van der Waals surface area contributed by atoms with E-state index >= 15 is 0 Å². The summed E-state index contributed by atoms with van der Waals surface area (Å²) in [4.78, 5) is 0. The Morgan fingerprint density at radius 1 is 0.333 bits per heavy atom. The summed E-state index contributed by atoms with van der Waals surface area (Å²) in [6, 6.07) is 43.9. The van der Waals surface area contributed by atoms with Crippen LogP contribution in [0, 0.1) is 0 Å². The molecule has 0 fully saturated rings. The molecule has 0 aliphatic heterocycles. The second-order valence-corrected chi connectivity index (χ2v) is 7.84. The highest BCUT2D eigenvalue weighted by Gasteiger charge is 2.13. The largest absolute Gasteiger partial charge is 0.0622 e. The van der Waals surface area contributed by atoms with Gasteiger partial charge in [0.2, 0.25) is 0 Å². The molecule has 0 unspecified atom stereocenters. The molecular weight excluding hydrogens is 360 g/mol. The van der Waals surface area contributed by atoms with Crippen molar-refractivity contribution >= 4 is 32.3 Å². The van der Waals surface area contributed by atoms with Gasteiger partial charge in [-0.3, -0.25) is 0 Å². The monoisotopic (exact) mass is 380 g/mol. The Labute approximate surface area is 176 Å². The molecule has 0 saturated heterocycles. The van der Waals surface area contributed by atoms with Crippen LogP contribution in [-0.4, -0.2) is 0 Å². The van der Waals surface area contributed by atoms with Crippen molar-refractivity contribution in [2.75, 3.05) is 0 Å². The maximum Gasteiger partial charge on any atom is -0.00266 e. The zero-order valence-corrected chi connectivity index (χ0v) is 16.5. The SMILES string of the molecule is c1ccc(-c2ccc3cc4cc5ccccc5cc4cc3c2-c2ccccc2)cc1. The van der Waals surface area contributed by atoms with Crippen LogP contribution in [0.3, 0.4) is 0 Å². The summed E-state index contributed by atoms with van der Waals surface area (Å²) in [7, 11) is 0. The molecule has 6 rings (SSSR count). The zero-order valence-electron chi connectivity index (χ0n) is 16.5. The van der Waals surface area contributed by atoms with Crippen LogP contribution >= 0.6 is 0 Å². The first-order chi connectivity index (χ1) is 14.9. The number of benzene rings is 6. The molecule has 0 spiro atoms. The van der Waals surface area contributed by atoms with Crippen LogP contribution < -0.4 is 0 Å². The van der Waals surface area contributed by atoms with Crippen LogP contribution in [0.4, 0.5) is 0 Å². The van der Waals surface area contributed by atoms with Crippen molar-refractivity contribution in [2.45, 2.75) is 0 Å². The first-order valence-corrected chi connectivity index (χ1v) is 10.4. The Morgan fingerprint density at radius 3 is 1.53 bits per heavy atom. The molecule has 0 aromatic heterocycles. The van der Waals surface area contributed by atoms with E-state index in [4.69, 9.17) is 0 Å². The Hall–Kier alpha value is -3.90. The van der Waals surface area contributed by atoms with Crippen LogP contribution in [0.1, 0.15) is 0 Å². The van der Waals surface area contributed by atoms with Crippen LogP contribution in [0.15, 0.2) is 121 Å². The lowest BCUT2D eigenvalue weighted by Gasteiger charge is -2.15. The lowest BCUT2D eigenvalue weighted by molar-refractivity contribution is 1.61. The standard InChI is InChI=1S/C30H20/c1-3-9-21(10-4-1)28-16-15-25-19-26-17-23-13-7-8-14-24(23)18-27(26)20-29(25)30(28)22-11-5-2-6-12-22/h1-20H. The molecule has 0 atom stereocenters. The highest BCUT2D eigenvalue weighted by Crippen LogP contribution is 2.40. The first kappa shape index (κ1) is 17.0. The lowest BCUT2D eigenvalue weighted by Crippen LogP contribution is -1.89. The van der Waals surface area contributed by atoms with Gasteiger partial charge in [-0.1, -0.05) is 97.1 Å². The topological polar surface area (TPSA) is 0 Å². The molecular formula is C30H20. The molecule has 0 heterocycles. The first-order valence-electron chi connectivity index (χ1n) is 10.4. The van der Waals surface area contributed by atoms with Gasteiger partial charge in [-0.15, -0.1) is 0 Å². The summed E-state index contributed by atoms with van der Waals surface area (Å²) in [5.74, 6) is 0. The molecule has 0 aliphatic carbocycles. The molecule has 0 radical (unpaired) electrons. The van der Waals surface area contributed by atoms with E-state index in [0.29, 0.717) is 0 Å². The maximum atomic E-state index is 2.37. The Bertz CT molecular complexity index is 1510. The highest BCUT2D eigenvalue weighted by atomic mass is 14.2. The molecule has 140 valence electrons. The van der Waals surface area contributed by atoms with Gasteiger partial charge in [-0.25, -0.2) is 0 Å². The molecule has 6 aromatic carbocycles. The van der Waals surface area contributed by atoms with Gasteiger partial charge in [0.1, 0.15) is 0 Å². The lowest BCUT2D eigenvalue weighted by atomic mass is 9.88. The van der Waals surface area contributed by atoms with E-state index in [1.165, 1.54) is 54.6 Å². The van der Waals surface area contributed by atoms with E-state index in [1.54, 1.807) is 0 Å². The smallest absolute Gasteiger partial charge is 0.00266 e. The highest BCUT2D eigenvalue weighted by molar-refractivity contribution is 6.11. The van der Waals surface area contributed by atoms with Gasteiger partial charge in [0.25, 0.3) is 0 Å². The van der Waals surface area contributed by atoms with Crippen molar-refractivity contribution in [2.24, 2.45) is 0 Å². The van der Waals surface area contributed by atoms with Crippen LogP contribution in [0.5, 0.6) is 0 Å². The summed E-state index contributed by atoms with van der Waals surface area (Å²) < 4.78 is 0. The predicted molar refractivity (Wildman–Crippen MR) is 130 cm³/mol. The average molecular weight is 380 g/mol. The van der Waals surface area contributed by atoms with Gasteiger partial charge < -0.3 is 0 Å². The van der Waals surface area contributed by atoms with Crippen molar-refractivity contribution < 1.29 is 0 Å². The third kappa shape index (κ3) is 2.77. The fourth-order valence-corrected chi connectivity index (χ4v) is 4.54. The summed E-state index contributed by atoms with van der Waals surface area (Å²) in [6.45, 7) is 0. The zero-order chi connectivity index (χ0) is 19.9. The molecule has 0 saturated carbocycles. The quantitative estimate of drug-likeness (QED) is 0.264. The molecule has 0 N–H and O–H groups in total. The van der Waals surface area contributed by atoms with Gasteiger partial charge in [0, 0.05) is 0 Å². The van der Waals surface area contributed by atoms with Crippen LogP contribution in [0.2, 0.25) is 0 Å². The summed E-state index contributed by atoms with van der Waals surface area (Å²) >= 11 is 0. The van der Waals surface area contributed by atoms with E-state index < -0.39 is 0 Å².